The van der Waals surface area contributed by atoms with E-state index in [2.05, 4.69) is 28.4 Å². The number of carbonyl (C=O) groups excluding carboxylic acids is 1. The summed E-state index contributed by atoms with van der Waals surface area (Å²) in [4.78, 5) is 20.7. The summed E-state index contributed by atoms with van der Waals surface area (Å²) in [6, 6.07) is 12.4. The Labute approximate surface area is 151 Å². The van der Waals surface area contributed by atoms with E-state index in [1.54, 1.807) is 11.9 Å². The van der Waals surface area contributed by atoms with Gasteiger partial charge in [-0.15, -0.1) is 0 Å². The summed E-state index contributed by atoms with van der Waals surface area (Å²) in [5.74, 6) is 0.248. The van der Waals surface area contributed by atoms with Gasteiger partial charge in [-0.2, -0.15) is 0 Å². The number of pyridine rings is 1. The SMILES string of the molecule is CN1C(=O)C2(CCCC2)c2c1cnc1c2ccn1Sc1ccccc1. The summed E-state index contributed by atoms with van der Waals surface area (Å²) < 4.78 is 2.11. The second kappa shape index (κ2) is 5.36. The van der Waals surface area contributed by atoms with Crippen molar-refractivity contribution in [2.45, 2.75) is 36.0 Å². The van der Waals surface area contributed by atoms with E-state index in [9.17, 15) is 4.79 Å². The van der Waals surface area contributed by atoms with Crippen LogP contribution in [0.15, 0.2) is 53.7 Å². The molecule has 5 rings (SSSR count). The first-order valence-electron chi connectivity index (χ1n) is 8.73. The Bertz CT molecular complexity index is 973. The normalized spacial score (nSPS) is 18.4. The number of aromatic nitrogens is 2. The third-order valence-electron chi connectivity index (χ3n) is 5.62. The number of anilines is 1. The molecule has 1 saturated carbocycles. The molecule has 3 heterocycles. The van der Waals surface area contributed by atoms with Gasteiger partial charge in [-0.05, 0) is 43.0 Å². The molecule has 25 heavy (non-hydrogen) atoms. The minimum Gasteiger partial charge on any atom is -0.313 e. The van der Waals surface area contributed by atoms with Crippen LogP contribution in [0.1, 0.15) is 31.2 Å². The maximum Gasteiger partial charge on any atom is 0.237 e. The molecule has 0 N–H and O–H groups in total. The van der Waals surface area contributed by atoms with E-state index in [0.29, 0.717) is 0 Å². The minimum atomic E-state index is -0.325. The number of nitrogens with zero attached hydrogens (tertiary/aromatic N) is 3. The van der Waals surface area contributed by atoms with E-state index in [-0.39, 0.29) is 11.3 Å². The van der Waals surface area contributed by atoms with E-state index >= 15 is 0 Å². The Balaban J connectivity index is 1.68. The Kier molecular flexibility index (Phi) is 3.22. The number of benzene rings is 1. The molecule has 1 amide bonds. The number of carbonyl (C=O) groups is 1. The molecule has 1 aliphatic carbocycles. The molecule has 1 aromatic carbocycles. The van der Waals surface area contributed by atoms with E-state index < -0.39 is 0 Å². The zero-order valence-corrected chi connectivity index (χ0v) is 14.9. The molecular formula is C20H19N3OS. The third kappa shape index (κ3) is 2.02. The highest BCUT2D eigenvalue weighted by Crippen LogP contribution is 2.53. The Morgan fingerprint density at radius 3 is 2.64 bits per heavy atom. The molecule has 3 aromatic rings. The number of hydrogen-bond acceptors (Lipinski definition) is 3. The van der Waals surface area contributed by atoms with Crippen LogP contribution in [0.2, 0.25) is 0 Å². The Morgan fingerprint density at radius 2 is 1.88 bits per heavy atom. The molecule has 126 valence electrons. The number of fused-ring (bicyclic) bond motifs is 4. The number of hydrogen-bond donors (Lipinski definition) is 0. The van der Waals surface area contributed by atoms with Crippen molar-refractivity contribution in [3.63, 3.8) is 0 Å². The standard InChI is InChI=1S/C20H19N3OS/c1-22-16-13-21-18-15(17(16)20(19(22)24)10-5-6-11-20)9-12-23(18)25-14-7-3-2-4-8-14/h2-4,7-9,12-13H,5-6,10-11H2,1H3. The molecule has 0 radical (unpaired) electrons. The van der Waals surface area contributed by atoms with Gasteiger partial charge in [0.1, 0.15) is 0 Å². The first kappa shape index (κ1) is 15.0. The van der Waals surface area contributed by atoms with Crippen molar-refractivity contribution in [1.29, 1.82) is 0 Å². The average Bonchev–Trinajstić information content (AvgIpc) is 3.33. The third-order valence-corrected chi connectivity index (χ3v) is 6.59. The number of likely N-dealkylation sites (N-methyl/N-ethyl adjacent to an activating group) is 1. The number of rotatable bonds is 2. The van der Waals surface area contributed by atoms with Crippen molar-refractivity contribution >= 4 is 34.6 Å². The van der Waals surface area contributed by atoms with Gasteiger partial charge in [-0.25, -0.2) is 4.98 Å². The van der Waals surface area contributed by atoms with Crippen LogP contribution in [0.25, 0.3) is 11.0 Å². The lowest BCUT2D eigenvalue weighted by Crippen LogP contribution is -2.36. The van der Waals surface area contributed by atoms with Crippen LogP contribution in [-0.4, -0.2) is 21.9 Å². The van der Waals surface area contributed by atoms with Gasteiger partial charge in [0.05, 0.1) is 17.3 Å². The first-order chi connectivity index (χ1) is 12.2. The predicted molar refractivity (Wildman–Crippen MR) is 101 cm³/mol. The molecule has 4 nitrogen and oxygen atoms in total. The summed E-state index contributed by atoms with van der Waals surface area (Å²) in [6.07, 6.45) is 8.12. The van der Waals surface area contributed by atoms with Crippen molar-refractivity contribution in [3.05, 3.63) is 54.4 Å². The molecular weight excluding hydrogens is 330 g/mol. The van der Waals surface area contributed by atoms with Gasteiger partial charge >= 0.3 is 0 Å². The molecule has 0 unspecified atom stereocenters. The quantitative estimate of drug-likeness (QED) is 0.689. The Morgan fingerprint density at radius 1 is 1.12 bits per heavy atom. The smallest absolute Gasteiger partial charge is 0.237 e. The second-order valence-electron chi connectivity index (χ2n) is 6.95. The predicted octanol–water partition coefficient (Wildman–Crippen LogP) is 4.38. The first-order valence-corrected chi connectivity index (χ1v) is 9.50. The highest BCUT2D eigenvalue weighted by atomic mass is 32.2. The lowest BCUT2D eigenvalue weighted by Gasteiger charge is -2.22. The lowest BCUT2D eigenvalue weighted by molar-refractivity contribution is -0.122. The van der Waals surface area contributed by atoms with Crippen LogP contribution >= 0.6 is 11.9 Å². The van der Waals surface area contributed by atoms with Crippen LogP contribution in [0.5, 0.6) is 0 Å². The van der Waals surface area contributed by atoms with Crippen LogP contribution < -0.4 is 4.90 Å². The van der Waals surface area contributed by atoms with Crippen LogP contribution in [0.4, 0.5) is 5.69 Å². The van der Waals surface area contributed by atoms with E-state index in [4.69, 9.17) is 4.98 Å². The highest BCUT2D eigenvalue weighted by Gasteiger charge is 2.52. The van der Waals surface area contributed by atoms with Crippen molar-refractivity contribution in [2.24, 2.45) is 0 Å². The molecule has 1 fully saturated rings. The lowest BCUT2D eigenvalue weighted by atomic mass is 9.79. The van der Waals surface area contributed by atoms with Crippen molar-refractivity contribution < 1.29 is 4.79 Å². The monoisotopic (exact) mass is 349 g/mol. The zero-order chi connectivity index (χ0) is 17.0. The van der Waals surface area contributed by atoms with Crippen molar-refractivity contribution in [1.82, 2.24) is 8.96 Å². The van der Waals surface area contributed by atoms with Gasteiger partial charge in [-0.3, -0.25) is 8.77 Å². The van der Waals surface area contributed by atoms with Crippen LogP contribution in [0.3, 0.4) is 0 Å². The molecule has 1 aliphatic heterocycles. The maximum absolute atomic E-state index is 13.0. The van der Waals surface area contributed by atoms with Gasteiger partial charge < -0.3 is 4.90 Å². The summed E-state index contributed by atoms with van der Waals surface area (Å²) in [7, 11) is 1.89. The van der Waals surface area contributed by atoms with Gasteiger partial charge in [0.15, 0.2) is 5.65 Å². The van der Waals surface area contributed by atoms with Crippen molar-refractivity contribution in [3.8, 4) is 0 Å². The van der Waals surface area contributed by atoms with E-state index in [1.807, 2.05) is 36.3 Å². The van der Waals surface area contributed by atoms with E-state index in [0.717, 1.165) is 42.4 Å². The van der Waals surface area contributed by atoms with Gasteiger partial charge in [-0.1, -0.05) is 31.0 Å². The Hall–Kier alpha value is -2.27. The van der Waals surface area contributed by atoms with Gasteiger partial charge in [0.2, 0.25) is 5.91 Å². The summed E-state index contributed by atoms with van der Waals surface area (Å²) in [5.41, 5.74) is 2.81. The fourth-order valence-corrected chi connectivity index (χ4v) is 5.32. The second-order valence-corrected chi connectivity index (χ2v) is 8.00. The molecule has 5 heteroatoms. The van der Waals surface area contributed by atoms with Crippen LogP contribution in [0, 0.1) is 0 Å². The van der Waals surface area contributed by atoms with Gasteiger partial charge in [0, 0.05) is 29.1 Å². The topological polar surface area (TPSA) is 38.1 Å². The maximum atomic E-state index is 13.0. The molecule has 1 spiro atoms. The zero-order valence-electron chi connectivity index (χ0n) is 14.1. The minimum absolute atomic E-state index is 0.248. The molecule has 0 saturated heterocycles. The molecule has 0 bridgehead atoms. The fourth-order valence-electron chi connectivity index (χ4n) is 4.46. The molecule has 2 aliphatic rings. The summed E-state index contributed by atoms with van der Waals surface area (Å²) in [6.45, 7) is 0. The van der Waals surface area contributed by atoms with E-state index in [1.165, 1.54) is 10.5 Å². The average molecular weight is 349 g/mol. The molecule has 0 atom stereocenters. The molecule has 2 aromatic heterocycles. The summed E-state index contributed by atoms with van der Waals surface area (Å²) >= 11 is 1.66. The van der Waals surface area contributed by atoms with Crippen LogP contribution in [-0.2, 0) is 10.2 Å². The van der Waals surface area contributed by atoms with Gasteiger partial charge in [0.25, 0.3) is 0 Å². The largest absolute Gasteiger partial charge is 0.313 e. The highest BCUT2D eigenvalue weighted by molar-refractivity contribution is 7.98. The fraction of sp³-hybridized carbons (Fsp3) is 0.300. The van der Waals surface area contributed by atoms with Crippen molar-refractivity contribution in [2.75, 3.05) is 11.9 Å². The number of amides is 1. The summed E-state index contributed by atoms with van der Waals surface area (Å²) in [5, 5.41) is 1.13.